The molecule has 0 bridgehead atoms. The highest BCUT2D eigenvalue weighted by molar-refractivity contribution is 5.82. The quantitative estimate of drug-likeness (QED) is 0.490. The van der Waals surface area contributed by atoms with Gasteiger partial charge in [0.25, 0.3) is 0 Å². The average molecular weight is 289 g/mol. The molecule has 2 rings (SSSR count). The maximum atomic E-state index is 11.9. The van der Waals surface area contributed by atoms with E-state index in [0.29, 0.717) is 18.9 Å². The molecule has 2 unspecified atom stereocenters. The molecule has 1 aliphatic heterocycles. The largest absolute Gasteiger partial charge is 0.338 e. The van der Waals surface area contributed by atoms with Gasteiger partial charge in [-0.15, -0.1) is 0 Å². The summed E-state index contributed by atoms with van der Waals surface area (Å²) in [4.78, 5) is 25.3. The van der Waals surface area contributed by atoms with Crippen LogP contribution >= 0.6 is 0 Å². The topological polar surface area (TPSA) is 75.4 Å². The second-order valence-electron chi connectivity index (χ2n) is 5.72. The molecular formula is C16H23N3O2. The van der Waals surface area contributed by atoms with Gasteiger partial charge < -0.3 is 4.90 Å². The molecule has 1 saturated heterocycles. The summed E-state index contributed by atoms with van der Waals surface area (Å²) in [7, 11) is 0. The fourth-order valence-corrected chi connectivity index (χ4v) is 2.69. The van der Waals surface area contributed by atoms with Crippen molar-refractivity contribution in [2.75, 3.05) is 6.54 Å². The predicted octanol–water partition coefficient (Wildman–Crippen LogP) is 1.54. The molecule has 5 nitrogen and oxygen atoms in total. The third-order valence-corrected chi connectivity index (χ3v) is 4.26. The number of nitrogens with zero attached hydrogens (tertiary/aromatic N) is 1. The summed E-state index contributed by atoms with van der Waals surface area (Å²) in [6, 6.07) is 7.80. The number of carbonyl (C=O) groups excluding carboxylic acids is 2. The highest BCUT2D eigenvalue weighted by Gasteiger charge is 2.28. The van der Waals surface area contributed by atoms with Crippen molar-refractivity contribution < 1.29 is 9.59 Å². The molecule has 1 aliphatic rings. The minimum Gasteiger partial charge on any atom is -0.338 e. The molecule has 1 aromatic rings. The van der Waals surface area contributed by atoms with Crippen LogP contribution in [0.3, 0.4) is 0 Å². The van der Waals surface area contributed by atoms with Crippen molar-refractivity contribution in [2.24, 2.45) is 11.8 Å². The second-order valence-corrected chi connectivity index (χ2v) is 5.72. The van der Waals surface area contributed by atoms with Crippen LogP contribution in [0.1, 0.15) is 43.7 Å². The Morgan fingerprint density at radius 1 is 1.43 bits per heavy atom. The molecule has 1 fully saturated rings. The van der Waals surface area contributed by atoms with Gasteiger partial charge in [0, 0.05) is 19.5 Å². The van der Waals surface area contributed by atoms with Gasteiger partial charge in [-0.25, -0.2) is 5.84 Å². The van der Waals surface area contributed by atoms with E-state index in [9.17, 15) is 9.59 Å². The minimum absolute atomic E-state index is 0.205. The SMILES string of the molecule is CCC1CC(=O)N(Cc2ccc(C(C)C(=O)NN)cc2)C1. The van der Waals surface area contributed by atoms with Crippen molar-refractivity contribution in [1.82, 2.24) is 10.3 Å². The van der Waals surface area contributed by atoms with Crippen LogP contribution in [0.2, 0.25) is 0 Å². The third kappa shape index (κ3) is 3.61. The maximum absolute atomic E-state index is 11.9. The summed E-state index contributed by atoms with van der Waals surface area (Å²) in [5.74, 6) is 5.39. The Balaban J connectivity index is 2.00. The zero-order valence-corrected chi connectivity index (χ0v) is 12.6. The van der Waals surface area contributed by atoms with E-state index in [2.05, 4.69) is 12.3 Å². The monoisotopic (exact) mass is 289 g/mol. The van der Waals surface area contributed by atoms with Crippen LogP contribution in [0.15, 0.2) is 24.3 Å². The fourth-order valence-electron chi connectivity index (χ4n) is 2.69. The van der Waals surface area contributed by atoms with Crippen molar-refractivity contribution in [3.05, 3.63) is 35.4 Å². The smallest absolute Gasteiger partial charge is 0.241 e. The number of nitrogens with one attached hydrogen (secondary N) is 1. The molecule has 21 heavy (non-hydrogen) atoms. The van der Waals surface area contributed by atoms with Crippen molar-refractivity contribution >= 4 is 11.8 Å². The lowest BCUT2D eigenvalue weighted by molar-refractivity contribution is -0.128. The van der Waals surface area contributed by atoms with Gasteiger partial charge in [0.1, 0.15) is 0 Å². The second kappa shape index (κ2) is 6.72. The number of benzene rings is 1. The molecule has 0 aromatic heterocycles. The number of likely N-dealkylation sites (tertiary alicyclic amines) is 1. The molecule has 1 heterocycles. The first-order chi connectivity index (χ1) is 10.0. The van der Waals surface area contributed by atoms with Crippen LogP contribution in [0.25, 0.3) is 0 Å². The Labute approximate surface area is 125 Å². The Hall–Kier alpha value is -1.88. The van der Waals surface area contributed by atoms with Gasteiger partial charge in [-0.05, 0) is 24.0 Å². The van der Waals surface area contributed by atoms with Crippen LogP contribution in [0.5, 0.6) is 0 Å². The van der Waals surface area contributed by atoms with E-state index >= 15 is 0 Å². The molecular weight excluding hydrogens is 266 g/mol. The van der Waals surface area contributed by atoms with E-state index in [1.54, 1.807) is 0 Å². The molecule has 5 heteroatoms. The molecule has 0 aliphatic carbocycles. The highest BCUT2D eigenvalue weighted by atomic mass is 16.2. The number of rotatable bonds is 5. The molecule has 2 amide bonds. The number of hydrogen-bond donors (Lipinski definition) is 2. The van der Waals surface area contributed by atoms with E-state index < -0.39 is 0 Å². The average Bonchev–Trinajstić information content (AvgIpc) is 2.86. The van der Waals surface area contributed by atoms with Gasteiger partial charge in [0.2, 0.25) is 11.8 Å². The van der Waals surface area contributed by atoms with Crippen LogP contribution in [-0.4, -0.2) is 23.3 Å². The molecule has 114 valence electrons. The normalized spacial score (nSPS) is 19.7. The molecule has 2 atom stereocenters. The van der Waals surface area contributed by atoms with Gasteiger partial charge in [0.15, 0.2) is 0 Å². The Bertz CT molecular complexity index is 513. The number of carbonyl (C=O) groups is 2. The van der Waals surface area contributed by atoms with Gasteiger partial charge in [-0.3, -0.25) is 15.0 Å². The van der Waals surface area contributed by atoms with Gasteiger partial charge in [-0.1, -0.05) is 37.6 Å². The van der Waals surface area contributed by atoms with Crippen LogP contribution in [0, 0.1) is 5.92 Å². The molecule has 1 aromatic carbocycles. The van der Waals surface area contributed by atoms with Crippen molar-refractivity contribution in [3.8, 4) is 0 Å². The summed E-state index contributed by atoms with van der Waals surface area (Å²) >= 11 is 0. The summed E-state index contributed by atoms with van der Waals surface area (Å²) < 4.78 is 0. The summed E-state index contributed by atoms with van der Waals surface area (Å²) in [6.07, 6.45) is 1.72. The molecule has 0 radical (unpaired) electrons. The van der Waals surface area contributed by atoms with Crippen molar-refractivity contribution in [2.45, 2.75) is 39.2 Å². The molecule has 0 saturated carbocycles. The van der Waals surface area contributed by atoms with Gasteiger partial charge >= 0.3 is 0 Å². The summed E-state index contributed by atoms with van der Waals surface area (Å²) in [5.41, 5.74) is 4.17. The standard InChI is InChI=1S/C16H23N3O2/c1-3-12-8-15(20)19(9-12)10-13-4-6-14(7-5-13)11(2)16(21)18-17/h4-7,11-12H,3,8-10,17H2,1-2H3,(H,18,21). The first-order valence-electron chi connectivity index (χ1n) is 7.42. The van der Waals surface area contributed by atoms with E-state index in [1.807, 2.05) is 36.1 Å². The number of amides is 2. The third-order valence-electron chi connectivity index (χ3n) is 4.26. The van der Waals surface area contributed by atoms with E-state index in [0.717, 1.165) is 24.1 Å². The van der Waals surface area contributed by atoms with Gasteiger partial charge in [0.05, 0.1) is 5.92 Å². The number of hydrogen-bond acceptors (Lipinski definition) is 3. The minimum atomic E-state index is -0.276. The first-order valence-corrected chi connectivity index (χ1v) is 7.42. The van der Waals surface area contributed by atoms with E-state index in [1.165, 1.54) is 0 Å². The summed E-state index contributed by atoms with van der Waals surface area (Å²) in [5, 5.41) is 0. The van der Waals surface area contributed by atoms with Crippen molar-refractivity contribution in [1.29, 1.82) is 0 Å². The molecule has 3 N–H and O–H groups in total. The lowest BCUT2D eigenvalue weighted by Gasteiger charge is -2.17. The Morgan fingerprint density at radius 2 is 2.10 bits per heavy atom. The molecule has 0 spiro atoms. The maximum Gasteiger partial charge on any atom is 0.241 e. The zero-order chi connectivity index (χ0) is 15.4. The van der Waals surface area contributed by atoms with Gasteiger partial charge in [-0.2, -0.15) is 0 Å². The first kappa shape index (κ1) is 15.5. The Kier molecular flexibility index (Phi) is 4.96. The lowest BCUT2D eigenvalue weighted by Crippen LogP contribution is -2.33. The summed E-state index contributed by atoms with van der Waals surface area (Å²) in [6.45, 7) is 5.43. The Morgan fingerprint density at radius 3 is 2.62 bits per heavy atom. The predicted molar refractivity (Wildman–Crippen MR) is 81.0 cm³/mol. The fraction of sp³-hybridized carbons (Fsp3) is 0.500. The van der Waals surface area contributed by atoms with E-state index in [-0.39, 0.29) is 17.7 Å². The van der Waals surface area contributed by atoms with Crippen LogP contribution < -0.4 is 11.3 Å². The highest BCUT2D eigenvalue weighted by Crippen LogP contribution is 2.23. The zero-order valence-electron chi connectivity index (χ0n) is 12.6. The van der Waals surface area contributed by atoms with Crippen LogP contribution in [0.4, 0.5) is 0 Å². The van der Waals surface area contributed by atoms with Crippen LogP contribution in [-0.2, 0) is 16.1 Å². The van der Waals surface area contributed by atoms with Crippen molar-refractivity contribution in [3.63, 3.8) is 0 Å². The number of nitrogens with two attached hydrogens (primary N) is 1. The number of hydrazine groups is 1. The van der Waals surface area contributed by atoms with E-state index in [4.69, 9.17) is 5.84 Å². The lowest BCUT2D eigenvalue weighted by atomic mass is 9.99.